The molecule has 2 rings (SSSR count). The molecule has 4 N–H and O–H groups in total. The molecule has 23 heavy (non-hydrogen) atoms. The maximum Gasteiger partial charge on any atom is 0.236 e. The van der Waals surface area contributed by atoms with Crippen molar-refractivity contribution in [2.75, 3.05) is 5.32 Å². The maximum absolute atomic E-state index is 12.2. The fourth-order valence-electron chi connectivity index (χ4n) is 2.72. The molecule has 0 bridgehead atoms. The number of carbonyl (C=O) groups is 2. The predicted molar refractivity (Wildman–Crippen MR) is 94.4 cm³/mol. The van der Waals surface area contributed by atoms with E-state index in [0.717, 1.165) is 36.9 Å². The lowest BCUT2D eigenvalue weighted by Gasteiger charge is -2.20. The Kier molecular flexibility index (Phi) is 8.06. The zero-order valence-electron chi connectivity index (χ0n) is 13.5. The van der Waals surface area contributed by atoms with Gasteiger partial charge in [0.2, 0.25) is 11.8 Å². The van der Waals surface area contributed by atoms with Crippen LogP contribution >= 0.6 is 12.4 Å². The highest BCUT2D eigenvalue weighted by atomic mass is 35.5. The topological polar surface area (TPSA) is 84.2 Å². The third-order valence-corrected chi connectivity index (χ3v) is 4.05. The van der Waals surface area contributed by atoms with Crippen LogP contribution < -0.4 is 16.4 Å². The van der Waals surface area contributed by atoms with Gasteiger partial charge in [0, 0.05) is 18.2 Å². The summed E-state index contributed by atoms with van der Waals surface area (Å²) in [6.45, 7) is 2.06. The summed E-state index contributed by atoms with van der Waals surface area (Å²) in [7, 11) is 0. The van der Waals surface area contributed by atoms with Crippen molar-refractivity contribution in [1.29, 1.82) is 0 Å². The molecule has 2 amide bonds. The minimum absolute atomic E-state index is 0. The van der Waals surface area contributed by atoms with Gasteiger partial charge in [-0.1, -0.05) is 31.4 Å². The first-order valence-electron chi connectivity index (χ1n) is 7.99. The van der Waals surface area contributed by atoms with Crippen LogP contribution in [0.5, 0.6) is 0 Å². The zero-order valence-corrected chi connectivity index (χ0v) is 14.3. The van der Waals surface area contributed by atoms with Gasteiger partial charge < -0.3 is 16.4 Å². The number of anilines is 1. The number of rotatable bonds is 5. The highest BCUT2D eigenvalue weighted by Crippen LogP contribution is 2.25. The van der Waals surface area contributed by atoms with Gasteiger partial charge in [0.1, 0.15) is 0 Å². The molecule has 0 unspecified atom stereocenters. The Morgan fingerprint density at radius 3 is 2.61 bits per heavy atom. The van der Waals surface area contributed by atoms with Gasteiger partial charge in [-0.25, -0.2) is 0 Å². The molecule has 0 spiro atoms. The summed E-state index contributed by atoms with van der Waals surface area (Å²) >= 11 is 0. The van der Waals surface area contributed by atoms with Crippen LogP contribution in [0.2, 0.25) is 0 Å². The fraction of sp³-hybridized carbons (Fsp3) is 0.529. The summed E-state index contributed by atoms with van der Waals surface area (Å²) in [5.74, 6) is 0.0586. The molecular formula is C17H26ClN3O2. The van der Waals surface area contributed by atoms with Gasteiger partial charge in [0.05, 0.1) is 6.04 Å². The van der Waals surface area contributed by atoms with E-state index >= 15 is 0 Å². The Hall–Kier alpha value is -1.59. The molecule has 0 radical (unpaired) electrons. The molecule has 0 aliphatic heterocycles. The lowest BCUT2D eigenvalue weighted by atomic mass is 9.88. The minimum atomic E-state index is -0.519. The minimum Gasteiger partial charge on any atom is -0.351 e. The van der Waals surface area contributed by atoms with Crippen LogP contribution in [-0.4, -0.2) is 17.9 Å². The van der Waals surface area contributed by atoms with E-state index in [-0.39, 0.29) is 30.1 Å². The second kappa shape index (κ2) is 9.53. The van der Waals surface area contributed by atoms with Crippen LogP contribution in [0.4, 0.5) is 5.69 Å². The Morgan fingerprint density at radius 1 is 1.26 bits per heavy atom. The zero-order chi connectivity index (χ0) is 15.9. The van der Waals surface area contributed by atoms with E-state index in [1.54, 1.807) is 6.92 Å². The van der Waals surface area contributed by atoms with E-state index in [2.05, 4.69) is 10.6 Å². The lowest BCUT2D eigenvalue weighted by molar-refractivity contribution is -0.122. The van der Waals surface area contributed by atoms with E-state index in [1.807, 2.05) is 24.3 Å². The molecule has 1 fully saturated rings. The molecule has 1 aliphatic rings. The monoisotopic (exact) mass is 339 g/mol. The van der Waals surface area contributed by atoms with Crippen LogP contribution in [0, 0.1) is 5.92 Å². The lowest BCUT2D eigenvalue weighted by Crippen LogP contribution is -2.37. The first-order chi connectivity index (χ1) is 10.6. The molecular weight excluding hydrogens is 314 g/mol. The summed E-state index contributed by atoms with van der Waals surface area (Å²) in [5.41, 5.74) is 7.23. The van der Waals surface area contributed by atoms with Gasteiger partial charge in [-0.05, 0) is 37.5 Å². The summed E-state index contributed by atoms with van der Waals surface area (Å²) in [6, 6.07) is 7.04. The molecule has 1 aromatic carbocycles. The van der Waals surface area contributed by atoms with Crippen molar-refractivity contribution in [3.05, 3.63) is 29.8 Å². The molecule has 1 saturated carbocycles. The van der Waals surface area contributed by atoms with E-state index in [0.29, 0.717) is 6.54 Å². The van der Waals surface area contributed by atoms with Crippen molar-refractivity contribution in [2.45, 2.75) is 51.6 Å². The van der Waals surface area contributed by atoms with Gasteiger partial charge >= 0.3 is 0 Å². The van der Waals surface area contributed by atoms with Crippen molar-refractivity contribution < 1.29 is 9.59 Å². The van der Waals surface area contributed by atoms with E-state index < -0.39 is 6.04 Å². The van der Waals surface area contributed by atoms with Gasteiger partial charge in [0.25, 0.3) is 0 Å². The third kappa shape index (κ3) is 6.20. The second-order valence-electron chi connectivity index (χ2n) is 6.03. The third-order valence-electron chi connectivity index (χ3n) is 4.05. The van der Waals surface area contributed by atoms with Gasteiger partial charge in [0.15, 0.2) is 0 Å². The van der Waals surface area contributed by atoms with Gasteiger partial charge in [-0.3, -0.25) is 9.59 Å². The number of hydrogen-bond acceptors (Lipinski definition) is 3. The maximum atomic E-state index is 12.2. The Labute approximate surface area is 143 Å². The van der Waals surface area contributed by atoms with Crippen LogP contribution in [0.1, 0.15) is 44.6 Å². The number of benzene rings is 1. The normalized spacial score (nSPS) is 16.1. The van der Waals surface area contributed by atoms with Gasteiger partial charge in [-0.15, -0.1) is 12.4 Å². The number of halogens is 1. The molecule has 0 saturated heterocycles. The van der Waals surface area contributed by atoms with Gasteiger partial charge in [-0.2, -0.15) is 0 Å². The molecule has 0 heterocycles. The molecule has 5 nitrogen and oxygen atoms in total. The highest BCUT2D eigenvalue weighted by Gasteiger charge is 2.21. The Morgan fingerprint density at radius 2 is 1.96 bits per heavy atom. The molecule has 1 aliphatic carbocycles. The smallest absolute Gasteiger partial charge is 0.236 e. The molecule has 128 valence electrons. The number of hydrogen-bond donors (Lipinski definition) is 3. The average molecular weight is 340 g/mol. The summed E-state index contributed by atoms with van der Waals surface area (Å²) in [5, 5.41) is 5.75. The SMILES string of the molecule is C[C@H](N)C(=O)NCc1cccc(NC(=O)C2CCCCC2)c1.Cl. The predicted octanol–water partition coefficient (Wildman–Crippen LogP) is 2.59. The highest BCUT2D eigenvalue weighted by molar-refractivity contribution is 5.92. The number of carbonyl (C=O) groups excluding carboxylic acids is 2. The van der Waals surface area contributed by atoms with Crippen molar-refractivity contribution >= 4 is 29.9 Å². The Balaban J connectivity index is 0.00000264. The average Bonchev–Trinajstić information content (AvgIpc) is 2.53. The Bertz CT molecular complexity index is 528. The standard InChI is InChI=1S/C17H25N3O2.ClH/c1-12(18)16(21)19-11-13-6-5-9-15(10-13)20-17(22)14-7-3-2-4-8-14;/h5-6,9-10,12,14H,2-4,7-8,11,18H2,1H3,(H,19,21)(H,20,22);1H/t12-;/m0./s1. The summed E-state index contributed by atoms with van der Waals surface area (Å²) in [4.78, 5) is 23.7. The summed E-state index contributed by atoms with van der Waals surface area (Å²) in [6.07, 6.45) is 5.48. The van der Waals surface area contributed by atoms with Crippen LogP contribution in [0.3, 0.4) is 0 Å². The summed E-state index contributed by atoms with van der Waals surface area (Å²) < 4.78 is 0. The number of nitrogens with two attached hydrogens (primary N) is 1. The van der Waals surface area contributed by atoms with Crippen molar-refractivity contribution in [3.63, 3.8) is 0 Å². The van der Waals surface area contributed by atoms with Crippen molar-refractivity contribution in [1.82, 2.24) is 5.32 Å². The molecule has 0 aromatic heterocycles. The molecule has 1 atom stereocenters. The van der Waals surface area contributed by atoms with E-state index in [1.165, 1.54) is 6.42 Å². The van der Waals surface area contributed by atoms with E-state index in [9.17, 15) is 9.59 Å². The molecule has 1 aromatic rings. The van der Waals surface area contributed by atoms with E-state index in [4.69, 9.17) is 5.73 Å². The number of nitrogens with one attached hydrogen (secondary N) is 2. The van der Waals surface area contributed by atoms with Crippen LogP contribution in [0.15, 0.2) is 24.3 Å². The van der Waals surface area contributed by atoms with Crippen LogP contribution in [0.25, 0.3) is 0 Å². The first kappa shape index (κ1) is 19.5. The van der Waals surface area contributed by atoms with Crippen molar-refractivity contribution in [2.24, 2.45) is 11.7 Å². The second-order valence-corrected chi connectivity index (χ2v) is 6.03. The van der Waals surface area contributed by atoms with Crippen LogP contribution in [-0.2, 0) is 16.1 Å². The quantitative estimate of drug-likeness (QED) is 0.770. The van der Waals surface area contributed by atoms with Crippen molar-refractivity contribution in [3.8, 4) is 0 Å². The largest absolute Gasteiger partial charge is 0.351 e. The number of amides is 2. The first-order valence-corrected chi connectivity index (χ1v) is 7.99. The molecule has 6 heteroatoms. The fourth-order valence-corrected chi connectivity index (χ4v) is 2.72.